The summed E-state index contributed by atoms with van der Waals surface area (Å²) in [6, 6.07) is 4.23. The number of phenols is 1. The fraction of sp³-hybridized carbons (Fsp3) is 0.680. The van der Waals surface area contributed by atoms with Gasteiger partial charge in [-0.25, -0.2) is 0 Å². The maximum Gasteiger partial charge on any atom is 0.127 e. The molecule has 1 N–H and O–H groups in total. The zero-order valence-corrected chi connectivity index (χ0v) is 18.4. The normalized spacial score (nSPS) is 24.1. The molecule has 1 aliphatic heterocycles. The van der Waals surface area contributed by atoms with Gasteiger partial charge < -0.3 is 9.84 Å². The van der Waals surface area contributed by atoms with E-state index >= 15 is 0 Å². The van der Waals surface area contributed by atoms with Crippen LogP contribution in [0.15, 0.2) is 23.8 Å². The van der Waals surface area contributed by atoms with E-state index in [9.17, 15) is 5.11 Å². The van der Waals surface area contributed by atoms with Gasteiger partial charge in [-0.05, 0) is 69.1 Å². The maximum atomic E-state index is 11.0. The molecule has 0 saturated carbocycles. The van der Waals surface area contributed by atoms with Crippen molar-refractivity contribution in [3.63, 3.8) is 0 Å². The Hall–Kier alpha value is -1.44. The second-order valence-electron chi connectivity index (χ2n) is 10.5. The van der Waals surface area contributed by atoms with Crippen molar-refractivity contribution in [2.75, 3.05) is 0 Å². The van der Waals surface area contributed by atoms with E-state index in [1.807, 2.05) is 6.07 Å². The van der Waals surface area contributed by atoms with Gasteiger partial charge in [0.25, 0.3) is 0 Å². The summed E-state index contributed by atoms with van der Waals surface area (Å²) >= 11 is 0. The van der Waals surface area contributed by atoms with E-state index < -0.39 is 0 Å². The van der Waals surface area contributed by atoms with Crippen LogP contribution in [-0.4, -0.2) is 10.7 Å². The van der Waals surface area contributed by atoms with Gasteiger partial charge >= 0.3 is 0 Å². The summed E-state index contributed by atoms with van der Waals surface area (Å²) in [6.07, 6.45) is 7.99. The third kappa shape index (κ3) is 4.05. The number of hydrogen-bond donors (Lipinski definition) is 1. The molecule has 0 radical (unpaired) electrons. The predicted octanol–water partition coefficient (Wildman–Crippen LogP) is 7.11. The number of phenolic OH excluding ortho intramolecular Hbond substituents is 1. The minimum absolute atomic E-state index is 0.0358. The van der Waals surface area contributed by atoms with Crippen molar-refractivity contribution in [3.05, 3.63) is 34.9 Å². The topological polar surface area (TPSA) is 29.5 Å². The van der Waals surface area contributed by atoms with Gasteiger partial charge in [0.1, 0.15) is 17.1 Å². The minimum atomic E-state index is -0.207. The Kier molecular flexibility index (Phi) is 5.40. The van der Waals surface area contributed by atoms with Crippen molar-refractivity contribution in [2.24, 2.45) is 11.8 Å². The van der Waals surface area contributed by atoms with Crippen LogP contribution in [-0.2, 0) is 5.41 Å². The first kappa shape index (κ1) is 20.3. The van der Waals surface area contributed by atoms with Gasteiger partial charge in [-0.15, -0.1) is 0 Å². The first-order valence-corrected chi connectivity index (χ1v) is 10.7. The fourth-order valence-corrected chi connectivity index (χ4v) is 5.05. The first-order chi connectivity index (χ1) is 12.5. The van der Waals surface area contributed by atoms with E-state index in [2.05, 4.69) is 60.6 Å². The van der Waals surface area contributed by atoms with Crippen molar-refractivity contribution in [1.29, 1.82) is 0 Å². The molecule has 3 rings (SSSR count). The summed E-state index contributed by atoms with van der Waals surface area (Å²) in [5.74, 6) is 2.85. The summed E-state index contributed by atoms with van der Waals surface area (Å²) < 4.78 is 6.49. The zero-order chi connectivity index (χ0) is 20.0. The van der Waals surface area contributed by atoms with Gasteiger partial charge in [0.2, 0.25) is 0 Å². The molecule has 1 aromatic carbocycles. The van der Waals surface area contributed by atoms with Gasteiger partial charge in [0.15, 0.2) is 0 Å². The lowest BCUT2D eigenvalue weighted by Gasteiger charge is -2.47. The van der Waals surface area contributed by atoms with Crippen LogP contribution in [0.2, 0.25) is 0 Å². The monoisotopic (exact) mass is 370 g/mol. The average Bonchev–Trinajstić information content (AvgIpc) is 2.52. The predicted molar refractivity (Wildman–Crippen MR) is 114 cm³/mol. The van der Waals surface area contributed by atoms with Crippen LogP contribution in [0.25, 0.3) is 0 Å². The highest BCUT2D eigenvalue weighted by Gasteiger charge is 2.46. The molecule has 0 spiro atoms. The highest BCUT2D eigenvalue weighted by atomic mass is 16.5. The molecule has 2 heteroatoms. The van der Waals surface area contributed by atoms with Crippen LogP contribution >= 0.6 is 0 Å². The van der Waals surface area contributed by atoms with E-state index in [1.165, 1.54) is 24.0 Å². The lowest BCUT2D eigenvalue weighted by molar-refractivity contribution is 0.00741. The van der Waals surface area contributed by atoms with E-state index in [4.69, 9.17) is 4.74 Å². The lowest BCUT2D eigenvalue weighted by atomic mass is 9.66. The van der Waals surface area contributed by atoms with Crippen LogP contribution < -0.4 is 4.74 Å². The SMILES string of the molecule is CC1=CCC2C(C1)c1c(O)cc(C(C)(C)CCCC(C)C)cc1OC2(C)C. The molecule has 1 aliphatic carbocycles. The zero-order valence-electron chi connectivity index (χ0n) is 18.4. The molecule has 0 aromatic heterocycles. The summed E-state index contributed by atoms with van der Waals surface area (Å²) in [4.78, 5) is 0. The van der Waals surface area contributed by atoms with Gasteiger partial charge in [-0.2, -0.15) is 0 Å². The number of aromatic hydroxyl groups is 1. The molecule has 0 amide bonds. The molecule has 0 saturated heterocycles. The van der Waals surface area contributed by atoms with Crippen molar-refractivity contribution in [1.82, 2.24) is 0 Å². The largest absolute Gasteiger partial charge is 0.508 e. The molecule has 0 fully saturated rings. The summed E-state index contributed by atoms with van der Waals surface area (Å²) in [6.45, 7) is 15.8. The Morgan fingerprint density at radius 2 is 1.96 bits per heavy atom. The molecular weight excluding hydrogens is 332 g/mol. The van der Waals surface area contributed by atoms with Gasteiger partial charge in [-0.3, -0.25) is 0 Å². The Morgan fingerprint density at radius 1 is 1.26 bits per heavy atom. The summed E-state index contributed by atoms with van der Waals surface area (Å²) in [5, 5.41) is 11.0. The number of fused-ring (bicyclic) bond motifs is 3. The standard InChI is InChI=1S/C25H38O2/c1-16(2)9-8-12-24(4,5)18-14-21(26)23-19-13-17(3)10-11-20(19)25(6,7)27-22(23)15-18/h10,14-16,19-20,26H,8-9,11-13H2,1-7H3. The molecular formula is C25H38O2. The molecule has 1 aromatic rings. The Labute approximate surface area is 166 Å². The highest BCUT2D eigenvalue weighted by Crippen LogP contribution is 2.54. The van der Waals surface area contributed by atoms with Crippen LogP contribution in [0, 0.1) is 11.8 Å². The number of benzene rings is 1. The van der Waals surface area contributed by atoms with Crippen LogP contribution in [0.5, 0.6) is 11.5 Å². The Balaban J connectivity index is 1.95. The van der Waals surface area contributed by atoms with Crippen LogP contribution in [0.1, 0.15) is 97.6 Å². The molecule has 2 nitrogen and oxygen atoms in total. The fourth-order valence-electron chi connectivity index (χ4n) is 5.05. The van der Waals surface area contributed by atoms with E-state index in [0.717, 1.165) is 36.5 Å². The molecule has 2 atom stereocenters. The summed E-state index contributed by atoms with van der Waals surface area (Å²) in [5.41, 5.74) is 3.49. The van der Waals surface area contributed by atoms with Crippen molar-refractivity contribution in [3.8, 4) is 11.5 Å². The highest BCUT2D eigenvalue weighted by molar-refractivity contribution is 5.54. The Morgan fingerprint density at radius 3 is 2.63 bits per heavy atom. The van der Waals surface area contributed by atoms with Crippen molar-refractivity contribution < 1.29 is 9.84 Å². The van der Waals surface area contributed by atoms with Gasteiger partial charge in [-0.1, -0.05) is 52.2 Å². The Bertz CT molecular complexity index is 724. The van der Waals surface area contributed by atoms with Gasteiger partial charge in [0, 0.05) is 17.4 Å². The van der Waals surface area contributed by atoms with E-state index in [0.29, 0.717) is 17.6 Å². The lowest BCUT2D eigenvalue weighted by Crippen LogP contribution is -2.45. The van der Waals surface area contributed by atoms with E-state index in [1.54, 1.807) is 0 Å². The van der Waals surface area contributed by atoms with Crippen LogP contribution in [0.4, 0.5) is 0 Å². The number of allylic oxidation sites excluding steroid dienone is 2. The summed E-state index contributed by atoms with van der Waals surface area (Å²) in [7, 11) is 0. The number of rotatable bonds is 5. The van der Waals surface area contributed by atoms with E-state index in [-0.39, 0.29) is 11.0 Å². The molecule has 150 valence electrons. The molecule has 2 unspecified atom stereocenters. The smallest absolute Gasteiger partial charge is 0.127 e. The van der Waals surface area contributed by atoms with Crippen molar-refractivity contribution in [2.45, 2.75) is 97.5 Å². The molecule has 2 aliphatic rings. The van der Waals surface area contributed by atoms with Crippen molar-refractivity contribution >= 4 is 0 Å². The first-order valence-electron chi connectivity index (χ1n) is 10.7. The second-order valence-corrected chi connectivity index (χ2v) is 10.5. The van der Waals surface area contributed by atoms with Gasteiger partial charge in [0.05, 0.1) is 0 Å². The quantitative estimate of drug-likeness (QED) is 0.560. The molecule has 1 heterocycles. The third-order valence-electron chi connectivity index (χ3n) is 6.87. The van der Waals surface area contributed by atoms with Crippen LogP contribution in [0.3, 0.4) is 0 Å². The third-order valence-corrected chi connectivity index (χ3v) is 6.87. The second kappa shape index (κ2) is 7.18. The minimum Gasteiger partial charge on any atom is -0.508 e. The maximum absolute atomic E-state index is 11.0. The average molecular weight is 371 g/mol. The number of hydrogen-bond acceptors (Lipinski definition) is 2. The molecule has 0 bridgehead atoms. The molecule has 27 heavy (non-hydrogen) atoms. The number of ether oxygens (including phenoxy) is 1.